The predicted molar refractivity (Wildman–Crippen MR) is 116 cm³/mol. The summed E-state index contributed by atoms with van der Waals surface area (Å²) in [6.07, 6.45) is 1.52. The molecule has 0 atom stereocenters. The van der Waals surface area contributed by atoms with Crippen molar-refractivity contribution in [2.45, 2.75) is 5.03 Å². The van der Waals surface area contributed by atoms with Crippen molar-refractivity contribution in [2.75, 3.05) is 23.2 Å². The molecule has 7 nitrogen and oxygen atoms in total. The van der Waals surface area contributed by atoms with Crippen LogP contribution in [0.25, 0.3) is 0 Å². The molecule has 2 amide bonds. The van der Waals surface area contributed by atoms with Crippen molar-refractivity contribution in [3.05, 3.63) is 71.1 Å². The standard InChI is InChI=1S/C21H15ClFN3O4S/c22-15-5-3-12(8-16(15)23)26-20(28)14-2-1-7-24-21(14)31-10-19(27)25-13-4-6-17-18(9-13)30-11-29-17/h1-9H,10-11H2,(H,25,27)(H,26,28). The number of pyridine rings is 1. The Hall–Kier alpha value is -3.30. The Morgan fingerprint density at radius 2 is 1.84 bits per heavy atom. The summed E-state index contributed by atoms with van der Waals surface area (Å²) in [5.74, 6) is -0.180. The van der Waals surface area contributed by atoms with E-state index in [0.717, 1.165) is 17.8 Å². The van der Waals surface area contributed by atoms with Gasteiger partial charge in [0.05, 0.1) is 16.3 Å². The van der Waals surface area contributed by atoms with E-state index in [0.29, 0.717) is 22.2 Å². The lowest BCUT2D eigenvalue weighted by Crippen LogP contribution is -2.16. The van der Waals surface area contributed by atoms with Crippen LogP contribution >= 0.6 is 23.4 Å². The molecule has 0 spiro atoms. The Labute approximate surface area is 185 Å². The summed E-state index contributed by atoms with van der Waals surface area (Å²) < 4.78 is 24.1. The van der Waals surface area contributed by atoms with Crippen LogP contribution in [0.5, 0.6) is 11.5 Å². The summed E-state index contributed by atoms with van der Waals surface area (Å²) in [7, 11) is 0. The third-order valence-electron chi connectivity index (χ3n) is 4.19. The zero-order valence-corrected chi connectivity index (χ0v) is 17.4. The number of carbonyl (C=O) groups excluding carboxylic acids is 2. The number of fused-ring (bicyclic) bond motifs is 1. The van der Waals surface area contributed by atoms with Crippen LogP contribution in [-0.2, 0) is 4.79 Å². The van der Waals surface area contributed by atoms with Gasteiger partial charge in [0.25, 0.3) is 5.91 Å². The number of hydrogen-bond donors (Lipinski definition) is 2. The molecule has 158 valence electrons. The zero-order chi connectivity index (χ0) is 21.8. The number of carbonyl (C=O) groups is 2. The van der Waals surface area contributed by atoms with E-state index >= 15 is 0 Å². The topological polar surface area (TPSA) is 89.6 Å². The number of ether oxygens (including phenoxy) is 2. The molecule has 0 saturated heterocycles. The number of amides is 2. The van der Waals surface area contributed by atoms with Gasteiger partial charge in [-0.1, -0.05) is 23.4 Å². The van der Waals surface area contributed by atoms with Gasteiger partial charge in [-0.25, -0.2) is 9.37 Å². The Balaban J connectivity index is 1.39. The van der Waals surface area contributed by atoms with Crippen molar-refractivity contribution in [1.29, 1.82) is 0 Å². The molecule has 2 N–H and O–H groups in total. The zero-order valence-electron chi connectivity index (χ0n) is 15.9. The van der Waals surface area contributed by atoms with Gasteiger partial charge >= 0.3 is 0 Å². The molecule has 4 rings (SSSR count). The van der Waals surface area contributed by atoms with Gasteiger partial charge in [-0.2, -0.15) is 0 Å². The maximum atomic E-state index is 13.6. The first-order valence-electron chi connectivity index (χ1n) is 9.03. The van der Waals surface area contributed by atoms with Crippen molar-refractivity contribution in [3.63, 3.8) is 0 Å². The van der Waals surface area contributed by atoms with Crippen molar-refractivity contribution < 1.29 is 23.5 Å². The number of benzene rings is 2. The summed E-state index contributed by atoms with van der Waals surface area (Å²) in [5.41, 5.74) is 1.09. The van der Waals surface area contributed by atoms with Gasteiger partial charge in [-0.3, -0.25) is 9.59 Å². The van der Waals surface area contributed by atoms with Crippen LogP contribution in [0.15, 0.2) is 59.8 Å². The van der Waals surface area contributed by atoms with Crippen molar-refractivity contribution in [3.8, 4) is 11.5 Å². The number of rotatable bonds is 6. The molecule has 1 aliphatic rings. The normalized spacial score (nSPS) is 11.8. The fourth-order valence-corrected chi connectivity index (χ4v) is 3.67. The van der Waals surface area contributed by atoms with E-state index in [1.54, 1.807) is 30.3 Å². The molecule has 2 heterocycles. The molecule has 0 aliphatic carbocycles. The Bertz CT molecular complexity index is 1160. The second-order valence-electron chi connectivity index (χ2n) is 6.34. The van der Waals surface area contributed by atoms with E-state index in [2.05, 4.69) is 15.6 Å². The summed E-state index contributed by atoms with van der Waals surface area (Å²) in [4.78, 5) is 29.2. The molecule has 3 aromatic rings. The number of thioether (sulfide) groups is 1. The fourth-order valence-electron chi connectivity index (χ4n) is 2.76. The van der Waals surface area contributed by atoms with E-state index in [1.165, 1.54) is 18.3 Å². The second-order valence-corrected chi connectivity index (χ2v) is 7.72. The largest absolute Gasteiger partial charge is 0.454 e. The van der Waals surface area contributed by atoms with Crippen LogP contribution in [0.4, 0.5) is 15.8 Å². The van der Waals surface area contributed by atoms with Gasteiger partial charge in [0.2, 0.25) is 12.7 Å². The molecule has 2 aromatic carbocycles. The first kappa shape index (κ1) is 21.0. The molecule has 0 fully saturated rings. The predicted octanol–water partition coefficient (Wildman–Crippen LogP) is 4.59. The molecule has 1 aromatic heterocycles. The highest BCUT2D eigenvalue weighted by atomic mass is 35.5. The summed E-state index contributed by atoms with van der Waals surface area (Å²) in [6, 6.07) is 12.3. The maximum absolute atomic E-state index is 13.6. The molecule has 0 unspecified atom stereocenters. The maximum Gasteiger partial charge on any atom is 0.258 e. The Kier molecular flexibility index (Phi) is 6.24. The molecule has 1 aliphatic heterocycles. The summed E-state index contributed by atoms with van der Waals surface area (Å²) in [6.45, 7) is 0.149. The minimum absolute atomic E-state index is 0.0291. The van der Waals surface area contributed by atoms with Crippen LogP contribution in [0, 0.1) is 5.82 Å². The number of halogens is 2. The molecule has 0 saturated carbocycles. The first-order chi connectivity index (χ1) is 15.0. The third kappa shape index (κ3) is 5.07. The van der Waals surface area contributed by atoms with Gasteiger partial charge in [0, 0.05) is 23.6 Å². The lowest BCUT2D eigenvalue weighted by atomic mass is 10.2. The molecular weight excluding hydrogens is 445 g/mol. The van der Waals surface area contributed by atoms with E-state index in [-0.39, 0.29) is 34.7 Å². The SMILES string of the molecule is O=C(CSc1ncccc1C(=O)Nc1ccc(Cl)c(F)c1)Nc1ccc2c(c1)OCO2. The quantitative estimate of drug-likeness (QED) is 0.524. The highest BCUT2D eigenvalue weighted by Gasteiger charge is 2.17. The van der Waals surface area contributed by atoms with Gasteiger partial charge in [0.1, 0.15) is 10.8 Å². The third-order valence-corrected chi connectivity index (χ3v) is 5.50. The second kappa shape index (κ2) is 9.23. The van der Waals surface area contributed by atoms with Crippen LogP contribution in [-0.4, -0.2) is 29.3 Å². The molecular formula is C21H15ClFN3O4S. The average Bonchev–Trinajstić information content (AvgIpc) is 3.23. The fraction of sp³-hybridized carbons (Fsp3) is 0.0952. The number of nitrogens with one attached hydrogen (secondary N) is 2. The number of aromatic nitrogens is 1. The van der Waals surface area contributed by atoms with E-state index in [1.807, 2.05) is 0 Å². The molecule has 10 heteroatoms. The highest BCUT2D eigenvalue weighted by Crippen LogP contribution is 2.34. The van der Waals surface area contributed by atoms with Crippen molar-refractivity contribution >= 4 is 46.6 Å². The Morgan fingerprint density at radius 1 is 1.06 bits per heavy atom. The molecule has 0 bridgehead atoms. The van der Waals surface area contributed by atoms with Crippen molar-refractivity contribution in [1.82, 2.24) is 4.98 Å². The molecule has 0 radical (unpaired) electrons. The number of hydrogen-bond acceptors (Lipinski definition) is 6. The highest BCUT2D eigenvalue weighted by molar-refractivity contribution is 8.00. The van der Waals surface area contributed by atoms with E-state index in [9.17, 15) is 14.0 Å². The van der Waals surface area contributed by atoms with E-state index in [4.69, 9.17) is 21.1 Å². The van der Waals surface area contributed by atoms with Crippen LogP contribution in [0.3, 0.4) is 0 Å². The van der Waals surface area contributed by atoms with Gasteiger partial charge in [0.15, 0.2) is 11.5 Å². The van der Waals surface area contributed by atoms with Crippen molar-refractivity contribution in [2.24, 2.45) is 0 Å². The summed E-state index contributed by atoms with van der Waals surface area (Å²) >= 11 is 6.77. The summed E-state index contributed by atoms with van der Waals surface area (Å²) in [5, 5.41) is 5.70. The molecule has 31 heavy (non-hydrogen) atoms. The Morgan fingerprint density at radius 3 is 2.68 bits per heavy atom. The van der Waals surface area contributed by atoms with Crippen LogP contribution < -0.4 is 20.1 Å². The smallest absolute Gasteiger partial charge is 0.258 e. The van der Waals surface area contributed by atoms with Crippen LogP contribution in [0.1, 0.15) is 10.4 Å². The van der Waals surface area contributed by atoms with Crippen LogP contribution in [0.2, 0.25) is 5.02 Å². The number of anilines is 2. The van der Waals surface area contributed by atoms with E-state index < -0.39 is 11.7 Å². The minimum atomic E-state index is -0.638. The minimum Gasteiger partial charge on any atom is -0.454 e. The monoisotopic (exact) mass is 459 g/mol. The van der Waals surface area contributed by atoms with Gasteiger partial charge in [-0.05, 0) is 42.5 Å². The average molecular weight is 460 g/mol. The van der Waals surface area contributed by atoms with Gasteiger partial charge in [-0.15, -0.1) is 0 Å². The lowest BCUT2D eigenvalue weighted by Gasteiger charge is -2.10. The first-order valence-corrected chi connectivity index (χ1v) is 10.4. The lowest BCUT2D eigenvalue weighted by molar-refractivity contribution is -0.113. The number of nitrogens with zero attached hydrogens (tertiary/aromatic N) is 1. The van der Waals surface area contributed by atoms with Gasteiger partial charge < -0.3 is 20.1 Å².